The highest BCUT2D eigenvalue weighted by Gasteiger charge is 2.48. The molecule has 0 bridgehead atoms. The topological polar surface area (TPSA) is 116 Å². The maximum Gasteiger partial charge on any atom is 0.353 e. The van der Waals surface area contributed by atoms with Crippen LogP contribution in [0.2, 0.25) is 0 Å². The molecule has 1 saturated heterocycles. The van der Waals surface area contributed by atoms with Crippen LogP contribution in [-0.2, 0) is 9.59 Å². The molecular formula is C16H15N3O5S. The molecule has 3 rings (SSSR count). The molecule has 0 saturated carbocycles. The molecule has 2 aliphatic rings. The van der Waals surface area contributed by atoms with Crippen LogP contribution in [0, 0.1) is 0 Å². The Kier molecular flexibility index (Phi) is 4.75. The van der Waals surface area contributed by atoms with Gasteiger partial charge in [-0.25, -0.2) is 9.59 Å². The number of hydrogen-bond acceptors (Lipinski definition) is 5. The van der Waals surface area contributed by atoms with Crippen LogP contribution in [0.3, 0.4) is 0 Å². The third-order valence-electron chi connectivity index (χ3n) is 3.79. The van der Waals surface area contributed by atoms with E-state index in [4.69, 9.17) is 0 Å². The first-order valence-corrected chi connectivity index (χ1v) is 8.44. The summed E-state index contributed by atoms with van der Waals surface area (Å²) >= 11 is 1.33. The van der Waals surface area contributed by atoms with E-state index >= 15 is 0 Å². The van der Waals surface area contributed by atoms with Crippen LogP contribution >= 0.6 is 11.8 Å². The van der Waals surface area contributed by atoms with E-state index in [2.05, 4.69) is 10.6 Å². The van der Waals surface area contributed by atoms with Crippen LogP contribution < -0.4 is 10.6 Å². The fourth-order valence-corrected chi connectivity index (χ4v) is 4.00. The third kappa shape index (κ3) is 3.50. The monoisotopic (exact) mass is 361 g/mol. The molecule has 2 aliphatic heterocycles. The number of hydrogen-bond donors (Lipinski definition) is 3. The quantitative estimate of drug-likeness (QED) is 0.677. The van der Waals surface area contributed by atoms with Crippen molar-refractivity contribution in [2.75, 3.05) is 6.54 Å². The number of carboxylic acids is 1. The minimum Gasteiger partial charge on any atom is -0.477 e. The van der Waals surface area contributed by atoms with Crippen molar-refractivity contribution in [3.05, 3.63) is 46.5 Å². The first-order chi connectivity index (χ1) is 12.0. The molecule has 130 valence electrons. The Balaban J connectivity index is 1.51. The van der Waals surface area contributed by atoms with Gasteiger partial charge >= 0.3 is 12.0 Å². The van der Waals surface area contributed by atoms with Gasteiger partial charge in [0, 0.05) is 17.0 Å². The Hall–Kier alpha value is -2.81. The van der Waals surface area contributed by atoms with E-state index in [0.29, 0.717) is 16.9 Å². The van der Waals surface area contributed by atoms with Crippen molar-refractivity contribution in [3.8, 4) is 0 Å². The molecule has 1 aromatic rings. The third-order valence-corrected chi connectivity index (χ3v) is 5.12. The largest absolute Gasteiger partial charge is 0.477 e. The highest BCUT2D eigenvalue weighted by molar-refractivity contribution is 8.04. The summed E-state index contributed by atoms with van der Waals surface area (Å²) in [5.74, 6) is -1.88. The van der Waals surface area contributed by atoms with Crippen LogP contribution in [0.15, 0.2) is 40.9 Å². The van der Waals surface area contributed by atoms with Crippen molar-refractivity contribution in [1.82, 2.24) is 15.5 Å². The minimum absolute atomic E-state index is 0.00572. The van der Waals surface area contributed by atoms with Gasteiger partial charge in [0.15, 0.2) is 0 Å². The van der Waals surface area contributed by atoms with Crippen LogP contribution in [-0.4, -0.2) is 45.7 Å². The van der Waals surface area contributed by atoms with Crippen molar-refractivity contribution < 1.29 is 24.3 Å². The standard InChI is InChI=1S/C16H15N3O5S/c20-11-8-12-19(11)13(15(22)23)10(25-12)6-7-17-16(24)18-14(21)9-4-2-1-3-5-9/h1-5,12H,6-8H2,(H,22,23)(H2,17,18,21,24)/t12-/m1/s1. The van der Waals surface area contributed by atoms with E-state index in [0.717, 1.165) is 0 Å². The highest BCUT2D eigenvalue weighted by Crippen LogP contribution is 2.47. The van der Waals surface area contributed by atoms with Gasteiger partial charge in [0.05, 0.1) is 11.8 Å². The second-order valence-electron chi connectivity index (χ2n) is 5.44. The molecule has 3 N–H and O–H groups in total. The fourth-order valence-electron chi connectivity index (χ4n) is 2.60. The number of nitrogens with zero attached hydrogens (tertiary/aromatic N) is 1. The number of benzene rings is 1. The smallest absolute Gasteiger partial charge is 0.353 e. The Bertz CT molecular complexity index is 777. The predicted molar refractivity (Wildman–Crippen MR) is 89.4 cm³/mol. The lowest BCUT2D eigenvalue weighted by atomic mass is 10.1. The number of nitrogens with one attached hydrogen (secondary N) is 2. The number of imide groups is 1. The van der Waals surface area contributed by atoms with Gasteiger partial charge in [-0.05, 0) is 18.6 Å². The average Bonchev–Trinajstić information content (AvgIpc) is 2.88. The second kappa shape index (κ2) is 6.98. The Morgan fingerprint density at radius 3 is 2.60 bits per heavy atom. The molecule has 1 atom stereocenters. The number of fused-ring (bicyclic) bond motifs is 1. The lowest BCUT2D eigenvalue weighted by molar-refractivity contribution is -0.145. The summed E-state index contributed by atoms with van der Waals surface area (Å²) < 4.78 is 0. The van der Waals surface area contributed by atoms with E-state index in [1.807, 2.05) is 0 Å². The maximum absolute atomic E-state index is 11.8. The Labute approximate surface area is 147 Å². The van der Waals surface area contributed by atoms with Gasteiger partial charge in [-0.3, -0.25) is 19.8 Å². The van der Waals surface area contributed by atoms with E-state index in [1.165, 1.54) is 16.7 Å². The summed E-state index contributed by atoms with van der Waals surface area (Å²) in [6.45, 7) is 0.155. The van der Waals surface area contributed by atoms with Crippen molar-refractivity contribution in [3.63, 3.8) is 0 Å². The Morgan fingerprint density at radius 1 is 1.24 bits per heavy atom. The van der Waals surface area contributed by atoms with Gasteiger partial charge < -0.3 is 10.4 Å². The summed E-state index contributed by atoms with van der Waals surface area (Å²) in [4.78, 5) is 48.3. The fraction of sp³-hybridized carbons (Fsp3) is 0.250. The number of aliphatic carboxylic acids is 1. The molecule has 0 radical (unpaired) electrons. The molecule has 0 unspecified atom stereocenters. The lowest BCUT2D eigenvalue weighted by Crippen LogP contribution is -2.48. The van der Waals surface area contributed by atoms with Gasteiger partial charge in [-0.1, -0.05) is 18.2 Å². The first kappa shape index (κ1) is 17.0. The predicted octanol–water partition coefficient (Wildman–Crippen LogP) is 1.12. The number of amides is 4. The van der Waals surface area contributed by atoms with Gasteiger partial charge in [0.1, 0.15) is 5.70 Å². The van der Waals surface area contributed by atoms with E-state index in [-0.39, 0.29) is 29.9 Å². The molecule has 0 aliphatic carbocycles. The molecule has 0 spiro atoms. The zero-order valence-electron chi connectivity index (χ0n) is 13.0. The molecule has 2 heterocycles. The molecule has 9 heteroatoms. The number of thioether (sulfide) groups is 1. The van der Waals surface area contributed by atoms with Crippen molar-refractivity contribution in [2.45, 2.75) is 18.2 Å². The molecule has 1 aromatic carbocycles. The van der Waals surface area contributed by atoms with Crippen molar-refractivity contribution in [1.29, 1.82) is 0 Å². The van der Waals surface area contributed by atoms with Gasteiger partial charge in [0.2, 0.25) is 5.91 Å². The molecule has 4 amide bonds. The normalized spacial score (nSPS) is 18.5. The maximum atomic E-state index is 11.8. The molecule has 0 aromatic heterocycles. The number of β-lactam (4-membered cyclic amide) rings is 1. The summed E-state index contributed by atoms with van der Waals surface area (Å²) in [5, 5.41) is 13.8. The summed E-state index contributed by atoms with van der Waals surface area (Å²) in [5.41, 5.74) is 0.358. The number of carbonyl (C=O) groups excluding carboxylic acids is 3. The van der Waals surface area contributed by atoms with E-state index < -0.39 is 17.9 Å². The van der Waals surface area contributed by atoms with E-state index in [1.54, 1.807) is 30.3 Å². The van der Waals surface area contributed by atoms with Gasteiger partial charge in [-0.15, -0.1) is 11.8 Å². The highest BCUT2D eigenvalue weighted by atomic mass is 32.2. The zero-order valence-corrected chi connectivity index (χ0v) is 13.8. The molecule has 8 nitrogen and oxygen atoms in total. The summed E-state index contributed by atoms with van der Waals surface area (Å²) in [7, 11) is 0. The summed E-state index contributed by atoms with van der Waals surface area (Å²) in [6, 6.07) is 7.65. The molecule has 25 heavy (non-hydrogen) atoms. The summed E-state index contributed by atoms with van der Waals surface area (Å²) in [6.07, 6.45) is 0.601. The number of carbonyl (C=O) groups is 4. The van der Waals surface area contributed by atoms with Crippen LogP contribution in [0.5, 0.6) is 0 Å². The second-order valence-corrected chi connectivity index (χ2v) is 6.72. The SMILES string of the molecule is O=C(NCCC1=C(C(=O)O)N2C(=O)C[C@H]2S1)NC(=O)c1ccccc1. The number of carboxylic acid groups (broad SMARTS) is 1. The van der Waals surface area contributed by atoms with Crippen LogP contribution in [0.1, 0.15) is 23.2 Å². The number of rotatable bonds is 5. The molecular weight excluding hydrogens is 346 g/mol. The van der Waals surface area contributed by atoms with Crippen LogP contribution in [0.4, 0.5) is 4.79 Å². The first-order valence-electron chi connectivity index (χ1n) is 7.56. The minimum atomic E-state index is -1.15. The van der Waals surface area contributed by atoms with Gasteiger partial charge in [-0.2, -0.15) is 0 Å². The van der Waals surface area contributed by atoms with Crippen LogP contribution in [0.25, 0.3) is 0 Å². The van der Waals surface area contributed by atoms with E-state index in [9.17, 15) is 24.3 Å². The van der Waals surface area contributed by atoms with Crippen molar-refractivity contribution >= 4 is 35.6 Å². The lowest BCUT2D eigenvalue weighted by Gasteiger charge is -2.33. The van der Waals surface area contributed by atoms with Gasteiger partial charge in [0.25, 0.3) is 5.91 Å². The average molecular weight is 361 g/mol. The Morgan fingerprint density at radius 2 is 1.96 bits per heavy atom. The zero-order chi connectivity index (χ0) is 18.0. The number of urea groups is 1. The van der Waals surface area contributed by atoms with Crippen molar-refractivity contribution in [2.24, 2.45) is 0 Å². The molecule has 1 fully saturated rings.